The van der Waals surface area contributed by atoms with Crippen LogP contribution in [0.1, 0.15) is 6.92 Å². The normalized spacial score (nSPS) is 3.56. The van der Waals surface area contributed by atoms with Crippen LogP contribution in [0.4, 0.5) is 0 Å². The van der Waals surface area contributed by atoms with E-state index < -0.39 is 5.97 Å². The summed E-state index contributed by atoms with van der Waals surface area (Å²) in [7, 11) is 1.43. The Kier molecular flexibility index (Phi) is 62.8. The van der Waals surface area contributed by atoms with Crippen molar-refractivity contribution >= 4 is 43.4 Å². The number of aliphatic carboxylic acids is 1. The number of hydrogen-bond donors (Lipinski definition) is 2. The van der Waals surface area contributed by atoms with Gasteiger partial charge in [-0.1, -0.05) is 0 Å². The summed E-state index contributed by atoms with van der Waals surface area (Å²) in [5, 5.41) is 14.7. The zero-order valence-electron chi connectivity index (χ0n) is 5.01. The van der Waals surface area contributed by atoms with Crippen molar-refractivity contribution in [2.75, 3.05) is 0 Å². The molecule has 0 radical (unpaired) electrons. The van der Waals surface area contributed by atoms with E-state index >= 15 is 0 Å². The molecular weight excluding hydrogens is 130 g/mol. The number of hydrogen-bond acceptors (Lipinski definition) is 3. The van der Waals surface area contributed by atoms with E-state index in [2.05, 4.69) is 0 Å². The summed E-state index contributed by atoms with van der Waals surface area (Å²) >= 11 is 0. The Labute approximate surface area is 77.5 Å². The molecule has 9 heavy (non-hydrogen) atoms. The van der Waals surface area contributed by atoms with Crippen LogP contribution in [0, 0.1) is 11.2 Å². The second-order valence-corrected chi connectivity index (χ2v) is 0.743. The summed E-state index contributed by atoms with van der Waals surface area (Å²) in [4.78, 5) is 9.00. The monoisotopic (exact) mass is 140 g/mol. The maximum absolute atomic E-state index is 9.00. The molecule has 0 atom stereocenters. The van der Waals surface area contributed by atoms with Gasteiger partial charge in [-0.3, -0.25) is 4.79 Å². The van der Waals surface area contributed by atoms with Crippen molar-refractivity contribution in [1.82, 2.24) is 6.15 Å². The van der Waals surface area contributed by atoms with Gasteiger partial charge in [0.15, 0.2) is 0 Å². The molecule has 0 heterocycles. The van der Waals surface area contributed by atoms with Gasteiger partial charge in [0.05, 0.1) is 0 Å². The van der Waals surface area contributed by atoms with Gasteiger partial charge in [-0.15, -0.1) is 0 Å². The summed E-state index contributed by atoms with van der Waals surface area (Å²) in [6.45, 7) is 1.08. The van der Waals surface area contributed by atoms with Gasteiger partial charge in [-0.05, 0) is 5.97 Å². The van der Waals surface area contributed by atoms with Gasteiger partial charge >= 0.3 is 29.6 Å². The first-order chi connectivity index (χ1) is 3.15. The third-order valence-corrected chi connectivity index (χ3v) is 0. The predicted octanol–water partition coefficient (Wildman–Crippen LogP) is -1.30. The maximum atomic E-state index is 9.00. The van der Waals surface area contributed by atoms with Crippen LogP contribution in [0.2, 0.25) is 0 Å². The molecule has 0 aromatic carbocycles. The van der Waals surface area contributed by atoms with E-state index in [1.807, 2.05) is 0 Å². The molecule has 0 aromatic heterocycles. The van der Waals surface area contributed by atoms with E-state index in [4.69, 9.17) is 15.2 Å². The Balaban J connectivity index is -0.0000000233. The van der Waals surface area contributed by atoms with Crippen molar-refractivity contribution in [1.29, 1.82) is 5.26 Å². The molecule has 0 aliphatic rings. The fourth-order valence-corrected chi connectivity index (χ4v) is 0. The van der Waals surface area contributed by atoms with Gasteiger partial charge in [0.1, 0.15) is 0 Å². The second-order valence-electron chi connectivity index (χ2n) is 0.743. The summed E-state index contributed by atoms with van der Waals surface area (Å²) in [6, 6.07) is 0. The van der Waals surface area contributed by atoms with E-state index in [-0.39, 0.29) is 35.7 Å². The number of nitrogens with zero attached hydrogens (tertiary/aromatic N) is 1. The molecule has 0 bridgehead atoms. The first-order valence-electron chi connectivity index (χ1n) is 1.65. The topological polar surface area (TPSA) is 96.1 Å². The van der Waals surface area contributed by atoms with Crippen LogP contribution in [0.3, 0.4) is 0 Å². The zero-order chi connectivity index (χ0) is 6.28. The molecule has 0 aliphatic heterocycles. The quantitative estimate of drug-likeness (QED) is 0.409. The molecule has 48 valence electrons. The van der Waals surface area contributed by atoms with E-state index in [0.29, 0.717) is 0 Å². The van der Waals surface area contributed by atoms with Gasteiger partial charge in [-0.2, -0.15) is 0 Å². The van der Waals surface area contributed by atoms with Crippen molar-refractivity contribution in [2.24, 2.45) is 0 Å². The van der Waals surface area contributed by atoms with Crippen LogP contribution in [0.5, 0.6) is 0 Å². The number of carboxylic acid groups (broad SMARTS) is 1. The van der Waals surface area contributed by atoms with Crippen LogP contribution in [-0.2, 0) is 4.79 Å². The van der Waals surface area contributed by atoms with Crippen molar-refractivity contribution in [3.8, 4) is 5.97 Å². The molecule has 0 spiro atoms. The molecule has 4 nitrogen and oxygen atoms in total. The molecule has 0 fully saturated rings. The van der Waals surface area contributed by atoms with Crippen molar-refractivity contribution in [2.45, 2.75) is 6.92 Å². The molecule has 0 saturated heterocycles. The summed E-state index contributed by atoms with van der Waals surface area (Å²) < 4.78 is 0. The fourth-order valence-electron chi connectivity index (χ4n) is 0. The van der Waals surface area contributed by atoms with Gasteiger partial charge in [0.2, 0.25) is 7.85 Å². The Hall–Kier alpha value is -0.0151. The van der Waals surface area contributed by atoms with Crippen LogP contribution >= 0.6 is 0 Å². The van der Waals surface area contributed by atoms with E-state index in [1.54, 1.807) is 5.97 Å². The average Bonchev–Trinajstić information content (AvgIpc) is 1.33. The van der Waals surface area contributed by atoms with Crippen molar-refractivity contribution in [3.05, 3.63) is 0 Å². The average molecular weight is 140 g/mol. The van der Waals surface area contributed by atoms with Crippen LogP contribution in [-0.4, -0.2) is 48.5 Å². The third-order valence-electron chi connectivity index (χ3n) is 0. The molecule has 0 unspecified atom stereocenters. The first kappa shape index (κ1) is 23.1. The first-order valence-corrected chi connectivity index (χ1v) is 1.65. The predicted molar refractivity (Wildman–Crippen MR) is 39.6 cm³/mol. The minimum absolute atomic E-state index is 0. The fraction of sp³-hybridized carbons (Fsp3) is 0.333. The second kappa shape index (κ2) is 24.5. The van der Waals surface area contributed by atoms with Gasteiger partial charge in [-0.25, -0.2) is 5.26 Å². The Morgan fingerprint density at radius 3 is 1.78 bits per heavy atom. The molecule has 0 aromatic rings. The third kappa shape index (κ3) is 1260000. The Bertz CT molecular complexity index is 88.3. The summed E-state index contributed by atoms with van der Waals surface area (Å²) in [5.74, 6) is 0.917. The van der Waals surface area contributed by atoms with Crippen molar-refractivity contribution in [3.63, 3.8) is 0 Å². The summed E-state index contributed by atoms with van der Waals surface area (Å²) in [5.41, 5.74) is 0. The molecule has 6 heteroatoms. The SMILES string of the molecule is BC#N.CC(=O)O.N.[NaH]. The van der Waals surface area contributed by atoms with Crippen LogP contribution in [0.25, 0.3) is 0 Å². The Morgan fingerprint density at radius 1 is 1.78 bits per heavy atom. The van der Waals surface area contributed by atoms with Crippen molar-refractivity contribution < 1.29 is 9.90 Å². The zero-order valence-corrected chi connectivity index (χ0v) is 5.01. The van der Waals surface area contributed by atoms with Crippen LogP contribution < -0.4 is 6.15 Å². The number of rotatable bonds is 0. The van der Waals surface area contributed by atoms with E-state index in [0.717, 1.165) is 6.92 Å². The number of nitriles is 1. The Morgan fingerprint density at radius 2 is 1.78 bits per heavy atom. The molecule has 0 amide bonds. The molecule has 4 N–H and O–H groups in total. The van der Waals surface area contributed by atoms with Crippen LogP contribution in [0.15, 0.2) is 0 Å². The van der Waals surface area contributed by atoms with E-state index in [9.17, 15) is 0 Å². The standard InChI is InChI=1S/C2H4O2.CH2BN.H3N.Na.H/c1-2(3)4;2-1-3;;;/h1H3,(H,3,4);2H2;1H3;;. The number of carbonyl (C=O) groups is 1. The summed E-state index contributed by atoms with van der Waals surface area (Å²) in [6.07, 6.45) is 0. The van der Waals surface area contributed by atoms with Gasteiger partial charge in [0, 0.05) is 6.92 Å². The molecule has 0 saturated carbocycles. The van der Waals surface area contributed by atoms with Gasteiger partial charge < -0.3 is 11.3 Å². The molecule has 0 rings (SSSR count). The van der Waals surface area contributed by atoms with Gasteiger partial charge in [0.25, 0.3) is 5.97 Å². The molecule has 0 aliphatic carbocycles. The minimum atomic E-state index is -0.833. The number of carboxylic acids is 1. The molecular formula is C3H10BN2NaO2. The van der Waals surface area contributed by atoms with E-state index in [1.165, 1.54) is 7.85 Å².